The number of aromatic nitrogens is 4. The molecular weight excluding hydrogens is 274 g/mol. The van der Waals surface area contributed by atoms with Gasteiger partial charge in [-0.3, -0.25) is 9.78 Å². The zero-order chi connectivity index (χ0) is 14.8. The van der Waals surface area contributed by atoms with Gasteiger partial charge in [0.1, 0.15) is 12.9 Å². The molecule has 0 fully saturated rings. The predicted octanol–water partition coefficient (Wildman–Crippen LogP) is 0.887. The Hall–Kier alpha value is -3.16. The Labute approximate surface area is 118 Å². The minimum atomic E-state index is -0.682. The molecule has 2 heterocycles. The Bertz CT molecular complexity index is 853. The van der Waals surface area contributed by atoms with Crippen molar-refractivity contribution in [1.82, 2.24) is 19.5 Å². The molecule has 0 spiro atoms. The summed E-state index contributed by atoms with van der Waals surface area (Å²) in [6.45, 7) is 0.109. The molecule has 21 heavy (non-hydrogen) atoms. The second kappa shape index (κ2) is 5.08. The Morgan fingerprint density at radius 3 is 2.86 bits per heavy atom. The van der Waals surface area contributed by atoms with Gasteiger partial charge >= 0.3 is 6.09 Å². The summed E-state index contributed by atoms with van der Waals surface area (Å²) in [6.07, 6.45) is 0.499. The summed E-state index contributed by atoms with van der Waals surface area (Å²) >= 11 is 0. The molecule has 0 aliphatic heterocycles. The Balaban J connectivity index is 1.87. The van der Waals surface area contributed by atoms with Gasteiger partial charge in [-0.1, -0.05) is 30.3 Å². The van der Waals surface area contributed by atoms with Crippen LogP contribution >= 0.6 is 0 Å². The van der Waals surface area contributed by atoms with E-state index in [1.54, 1.807) is 0 Å². The van der Waals surface area contributed by atoms with Crippen molar-refractivity contribution in [3.8, 4) is 0 Å². The number of fused-ring (bicyclic) bond motifs is 1. The van der Waals surface area contributed by atoms with Crippen molar-refractivity contribution in [1.29, 1.82) is 0 Å². The van der Waals surface area contributed by atoms with E-state index in [0.717, 1.165) is 10.1 Å². The third kappa shape index (κ3) is 2.46. The lowest BCUT2D eigenvalue weighted by Gasteiger charge is -2.05. The molecule has 0 radical (unpaired) electrons. The molecular formula is C13H11N5O3. The summed E-state index contributed by atoms with van der Waals surface area (Å²) in [5.41, 5.74) is 5.89. The number of nitrogens with two attached hydrogens (primary N) is 1. The number of benzene rings is 1. The number of rotatable bonds is 2. The topological polar surface area (TPSA) is 116 Å². The van der Waals surface area contributed by atoms with Crippen molar-refractivity contribution in [3.63, 3.8) is 0 Å². The molecule has 0 aliphatic rings. The van der Waals surface area contributed by atoms with Crippen LogP contribution in [0.5, 0.6) is 0 Å². The third-order valence-electron chi connectivity index (χ3n) is 2.83. The van der Waals surface area contributed by atoms with Crippen molar-refractivity contribution < 1.29 is 9.53 Å². The van der Waals surface area contributed by atoms with Crippen LogP contribution in [-0.2, 0) is 11.3 Å². The lowest BCUT2D eigenvalue weighted by Crippen LogP contribution is -2.16. The highest BCUT2D eigenvalue weighted by Crippen LogP contribution is 2.08. The van der Waals surface area contributed by atoms with Crippen LogP contribution in [0.25, 0.3) is 11.2 Å². The molecule has 8 nitrogen and oxygen atoms in total. The van der Waals surface area contributed by atoms with E-state index in [9.17, 15) is 9.59 Å². The molecule has 0 saturated carbocycles. The Morgan fingerprint density at radius 1 is 1.33 bits per heavy atom. The van der Waals surface area contributed by atoms with Crippen molar-refractivity contribution in [3.05, 3.63) is 52.6 Å². The van der Waals surface area contributed by atoms with Crippen molar-refractivity contribution in [2.24, 2.45) is 0 Å². The molecule has 106 valence electrons. The van der Waals surface area contributed by atoms with Crippen LogP contribution in [-0.4, -0.2) is 25.6 Å². The SMILES string of the molecule is Nc1nc2c(ncn2C(=O)OCc2ccccc2)c(=O)[nH]1. The average molecular weight is 285 g/mol. The zero-order valence-electron chi connectivity index (χ0n) is 10.8. The molecule has 0 saturated heterocycles. The van der Waals surface area contributed by atoms with Crippen LogP contribution < -0.4 is 11.3 Å². The molecule has 0 bridgehead atoms. The van der Waals surface area contributed by atoms with Gasteiger partial charge in [0.25, 0.3) is 5.56 Å². The number of aromatic amines is 1. The number of H-pyrrole nitrogens is 1. The second-order valence-corrected chi connectivity index (χ2v) is 4.28. The van der Waals surface area contributed by atoms with Crippen LogP contribution in [0.1, 0.15) is 5.56 Å². The molecule has 3 N–H and O–H groups in total. The third-order valence-corrected chi connectivity index (χ3v) is 2.83. The maximum atomic E-state index is 12.0. The first kappa shape index (κ1) is 12.9. The fourth-order valence-corrected chi connectivity index (χ4v) is 1.85. The number of anilines is 1. The van der Waals surface area contributed by atoms with Gasteiger partial charge in [-0.2, -0.15) is 4.98 Å². The van der Waals surface area contributed by atoms with E-state index in [2.05, 4.69) is 15.0 Å². The van der Waals surface area contributed by atoms with Gasteiger partial charge in [-0.15, -0.1) is 0 Å². The van der Waals surface area contributed by atoms with Crippen LogP contribution in [0, 0.1) is 0 Å². The number of nitrogens with one attached hydrogen (secondary N) is 1. The summed E-state index contributed by atoms with van der Waals surface area (Å²) in [5.74, 6) is -0.0925. The van der Waals surface area contributed by atoms with Crippen molar-refractivity contribution in [2.75, 3.05) is 5.73 Å². The molecule has 3 rings (SSSR count). The lowest BCUT2D eigenvalue weighted by atomic mass is 10.2. The highest BCUT2D eigenvalue weighted by atomic mass is 16.5. The monoisotopic (exact) mass is 285 g/mol. The van der Waals surface area contributed by atoms with E-state index >= 15 is 0 Å². The number of carbonyl (C=O) groups excluding carboxylic acids is 1. The quantitative estimate of drug-likeness (QED) is 0.722. The highest BCUT2D eigenvalue weighted by Gasteiger charge is 2.15. The van der Waals surface area contributed by atoms with E-state index in [1.165, 1.54) is 6.33 Å². The van der Waals surface area contributed by atoms with E-state index in [0.29, 0.717) is 0 Å². The van der Waals surface area contributed by atoms with Gasteiger partial charge in [0.2, 0.25) is 5.95 Å². The minimum Gasteiger partial charge on any atom is -0.444 e. The van der Waals surface area contributed by atoms with Gasteiger partial charge in [-0.05, 0) is 5.56 Å². The maximum Gasteiger partial charge on any atom is 0.421 e. The van der Waals surface area contributed by atoms with Gasteiger partial charge in [0.05, 0.1) is 0 Å². The molecule has 8 heteroatoms. The first-order valence-corrected chi connectivity index (χ1v) is 6.09. The Kier molecular flexibility index (Phi) is 3.11. The van der Waals surface area contributed by atoms with Gasteiger partial charge in [0.15, 0.2) is 11.2 Å². The molecule has 0 aliphatic carbocycles. The first-order chi connectivity index (χ1) is 10.1. The van der Waals surface area contributed by atoms with Crippen LogP contribution in [0.15, 0.2) is 41.5 Å². The lowest BCUT2D eigenvalue weighted by molar-refractivity contribution is 0.142. The number of nitrogens with zero attached hydrogens (tertiary/aromatic N) is 3. The second-order valence-electron chi connectivity index (χ2n) is 4.28. The zero-order valence-corrected chi connectivity index (χ0v) is 10.8. The minimum absolute atomic E-state index is 0.0286. The molecule has 0 atom stereocenters. The van der Waals surface area contributed by atoms with E-state index < -0.39 is 11.7 Å². The molecule has 0 amide bonds. The Morgan fingerprint density at radius 2 is 2.10 bits per heavy atom. The summed E-state index contributed by atoms with van der Waals surface area (Å²) in [5, 5.41) is 0. The fourth-order valence-electron chi connectivity index (χ4n) is 1.85. The van der Waals surface area contributed by atoms with Gasteiger partial charge < -0.3 is 10.5 Å². The number of imidazole rings is 1. The largest absolute Gasteiger partial charge is 0.444 e. The normalized spacial score (nSPS) is 10.7. The summed E-state index contributed by atoms with van der Waals surface area (Å²) in [6, 6.07) is 9.23. The molecule has 3 aromatic rings. The van der Waals surface area contributed by atoms with Gasteiger partial charge in [0, 0.05) is 0 Å². The predicted molar refractivity (Wildman–Crippen MR) is 74.6 cm³/mol. The van der Waals surface area contributed by atoms with E-state index in [4.69, 9.17) is 10.5 Å². The number of hydrogen-bond acceptors (Lipinski definition) is 6. The summed E-state index contributed by atoms with van der Waals surface area (Å²) in [7, 11) is 0. The van der Waals surface area contributed by atoms with Crippen LogP contribution in [0.2, 0.25) is 0 Å². The molecule has 2 aromatic heterocycles. The first-order valence-electron chi connectivity index (χ1n) is 6.09. The van der Waals surface area contributed by atoms with E-state index in [-0.39, 0.29) is 23.7 Å². The highest BCUT2D eigenvalue weighted by molar-refractivity contribution is 5.83. The smallest absolute Gasteiger partial charge is 0.421 e. The van der Waals surface area contributed by atoms with Crippen molar-refractivity contribution >= 4 is 23.2 Å². The standard InChI is InChI=1S/C13H11N5O3/c14-12-16-10-9(11(19)17-12)15-7-18(10)13(20)21-6-8-4-2-1-3-5-8/h1-5,7H,6H2,(H3,14,16,17,19). The van der Waals surface area contributed by atoms with Crippen LogP contribution in [0.4, 0.5) is 10.7 Å². The fraction of sp³-hybridized carbons (Fsp3) is 0.0769. The maximum absolute atomic E-state index is 12.0. The van der Waals surface area contributed by atoms with Crippen molar-refractivity contribution in [2.45, 2.75) is 6.61 Å². The molecule has 0 unspecified atom stereocenters. The van der Waals surface area contributed by atoms with Crippen LogP contribution in [0.3, 0.4) is 0 Å². The number of hydrogen-bond donors (Lipinski definition) is 2. The molecule has 1 aromatic carbocycles. The number of ether oxygens (including phenoxy) is 1. The number of carbonyl (C=O) groups is 1. The van der Waals surface area contributed by atoms with Gasteiger partial charge in [-0.25, -0.2) is 14.3 Å². The summed E-state index contributed by atoms with van der Waals surface area (Å²) in [4.78, 5) is 33.7. The van der Waals surface area contributed by atoms with E-state index in [1.807, 2.05) is 30.3 Å². The summed E-state index contributed by atoms with van der Waals surface area (Å²) < 4.78 is 6.20. The number of nitrogen functional groups attached to an aromatic ring is 1. The average Bonchev–Trinajstić information content (AvgIpc) is 2.90.